The smallest absolute Gasteiger partial charge is 0.386 e. The van der Waals surface area contributed by atoms with Crippen molar-refractivity contribution in [2.75, 3.05) is 18.2 Å². The molecule has 4 fully saturated rings. The van der Waals surface area contributed by atoms with Crippen molar-refractivity contribution in [2.45, 2.75) is 111 Å². The zero-order valence-corrected chi connectivity index (χ0v) is 27.9. The van der Waals surface area contributed by atoms with Crippen LogP contribution in [0.2, 0.25) is 0 Å². The monoisotopic (exact) mass is 633 g/mol. The fourth-order valence-electron chi connectivity index (χ4n) is 11.8. The lowest BCUT2D eigenvalue weighted by Crippen LogP contribution is -2.68. The molecule has 0 saturated heterocycles. The number of fused-ring (bicyclic) bond motifs is 7. The zero-order chi connectivity index (χ0) is 31.1. The summed E-state index contributed by atoms with van der Waals surface area (Å²) in [7, 11) is -4.78. The predicted molar refractivity (Wildman–Crippen MR) is 162 cm³/mol. The predicted octanol–water partition coefficient (Wildman–Crippen LogP) is 8.63. The Bertz CT molecular complexity index is 1230. The van der Waals surface area contributed by atoms with E-state index in [4.69, 9.17) is 15.8 Å². The van der Waals surface area contributed by atoms with Crippen LogP contribution >= 0.6 is 11.6 Å². The quantitative estimate of drug-likeness (QED) is 0.173. The number of alkyl halides is 4. The number of hydrogen-bond donors (Lipinski definition) is 1. The maximum Gasteiger partial charge on any atom is 0.406 e. The number of hydrogen-bond acceptors (Lipinski definition) is 4. The summed E-state index contributed by atoms with van der Waals surface area (Å²) in [5.74, 6) is 1.01. The van der Waals surface area contributed by atoms with Crippen molar-refractivity contribution in [3.05, 3.63) is 24.0 Å². The molecule has 0 aromatic rings. The minimum Gasteiger partial charge on any atom is -0.386 e. The van der Waals surface area contributed by atoms with Gasteiger partial charge in [-0.2, -0.15) is 21.6 Å². The highest BCUT2D eigenvalue weighted by atomic mass is 35.5. The van der Waals surface area contributed by atoms with Gasteiger partial charge in [-0.15, -0.1) is 11.6 Å². The normalized spacial score (nSPS) is 44.7. The van der Waals surface area contributed by atoms with E-state index in [2.05, 4.69) is 39.6 Å². The molecule has 0 aromatic carbocycles. The fourth-order valence-corrected chi connectivity index (χ4v) is 12.9. The molecular weight excluding hydrogens is 583 g/mol. The Kier molecular flexibility index (Phi) is 8.09. The van der Waals surface area contributed by atoms with Gasteiger partial charge in [-0.1, -0.05) is 46.8 Å². The van der Waals surface area contributed by atoms with Crippen molar-refractivity contribution in [1.82, 2.24) is 5.32 Å². The average Bonchev–Trinajstić information content (AvgIpc) is 3.24. The zero-order valence-electron chi connectivity index (χ0n) is 26.3. The van der Waals surface area contributed by atoms with Crippen LogP contribution in [0.25, 0.3) is 0 Å². The molecule has 240 valence electrons. The topological polar surface area (TPSA) is 55.4 Å². The molecule has 9 heteroatoms. The second-order valence-electron chi connectivity index (χ2n) is 15.9. The van der Waals surface area contributed by atoms with Gasteiger partial charge in [0.2, 0.25) is 0 Å². The first kappa shape index (κ1) is 32.7. The van der Waals surface area contributed by atoms with Gasteiger partial charge < -0.3 is 9.50 Å². The van der Waals surface area contributed by atoms with Gasteiger partial charge in [0.05, 0.1) is 0 Å². The lowest BCUT2D eigenvalue weighted by molar-refractivity contribution is -0.222. The number of halogens is 4. The third kappa shape index (κ3) is 4.91. The highest BCUT2D eigenvalue weighted by Crippen LogP contribution is 2.76. The molecule has 0 bridgehead atoms. The molecule has 5 aliphatic carbocycles. The first-order valence-corrected chi connectivity index (χ1v) is 18.0. The van der Waals surface area contributed by atoms with Gasteiger partial charge in [-0.05, 0) is 117 Å². The number of nitrogens with one attached hydrogen (secondary N) is 1. The highest BCUT2D eigenvalue weighted by Gasteiger charge is 2.70. The Hall–Kier alpha value is -0.730. The lowest BCUT2D eigenvalue weighted by atomic mass is 9.33. The van der Waals surface area contributed by atoms with E-state index in [1.165, 1.54) is 24.8 Å². The van der Waals surface area contributed by atoms with E-state index in [9.17, 15) is 21.6 Å². The molecular formula is C33H51ClF3NO3S. The average molecular weight is 634 g/mol. The van der Waals surface area contributed by atoms with Gasteiger partial charge in [-0.3, -0.25) is 0 Å². The minimum absolute atomic E-state index is 0.0973. The molecule has 0 amide bonds. The molecule has 5 aliphatic rings. The minimum atomic E-state index is -4.84. The lowest BCUT2D eigenvalue weighted by Gasteiger charge is -2.72. The standard InChI is InChI=1S/C33H51ClF3NO3S/c1-21(2)22-10-15-32(38-19-18-34)17-16-30(6)23(27(22)32)8-9-25-29(5)13-12-26(41-42(39,40)20-33(35,36)37)28(3,4)24(29)11-14-31(25,30)7/h12,22-25,27,38H,1,8-11,13-20H2,2-7H3/t22-,23+,24-,25+,27+,29-,30+,31+,32-/m0/s1. The maximum absolute atomic E-state index is 13.0. The Morgan fingerprint density at radius 2 is 1.71 bits per heavy atom. The number of rotatable bonds is 7. The van der Waals surface area contributed by atoms with Crippen molar-refractivity contribution in [3.8, 4) is 0 Å². The summed E-state index contributed by atoms with van der Waals surface area (Å²) in [6.45, 7) is 18.9. The largest absolute Gasteiger partial charge is 0.406 e. The van der Waals surface area contributed by atoms with Gasteiger partial charge in [0, 0.05) is 23.4 Å². The molecule has 0 aliphatic heterocycles. The molecule has 42 heavy (non-hydrogen) atoms. The van der Waals surface area contributed by atoms with Gasteiger partial charge in [-0.25, -0.2) is 0 Å². The first-order valence-electron chi connectivity index (χ1n) is 15.9. The summed E-state index contributed by atoms with van der Waals surface area (Å²) >= 11 is 6.18. The Morgan fingerprint density at radius 3 is 2.33 bits per heavy atom. The van der Waals surface area contributed by atoms with Gasteiger partial charge >= 0.3 is 16.3 Å². The van der Waals surface area contributed by atoms with Gasteiger partial charge in [0.25, 0.3) is 0 Å². The first-order chi connectivity index (χ1) is 19.3. The summed E-state index contributed by atoms with van der Waals surface area (Å²) in [5, 5.41) is 3.95. The van der Waals surface area contributed by atoms with Gasteiger partial charge in [0.15, 0.2) is 5.75 Å². The van der Waals surface area contributed by atoms with E-state index >= 15 is 0 Å². The van der Waals surface area contributed by atoms with Crippen LogP contribution in [-0.4, -0.2) is 38.3 Å². The van der Waals surface area contributed by atoms with Crippen LogP contribution in [0.5, 0.6) is 0 Å². The summed E-state index contributed by atoms with van der Waals surface area (Å²) in [5.41, 5.74) is 0.894. The number of allylic oxidation sites excluding steroid dienone is 3. The summed E-state index contributed by atoms with van der Waals surface area (Å²) < 4.78 is 68.9. The molecule has 9 atom stereocenters. The van der Waals surface area contributed by atoms with Gasteiger partial charge in [0.1, 0.15) is 5.76 Å². The van der Waals surface area contributed by atoms with E-state index in [1.807, 2.05) is 13.8 Å². The molecule has 4 nitrogen and oxygen atoms in total. The van der Waals surface area contributed by atoms with Crippen molar-refractivity contribution >= 4 is 21.7 Å². The second-order valence-corrected chi connectivity index (χ2v) is 17.8. The van der Waals surface area contributed by atoms with E-state index in [0.717, 1.165) is 38.6 Å². The molecule has 4 saturated carbocycles. The molecule has 0 radical (unpaired) electrons. The van der Waals surface area contributed by atoms with Crippen molar-refractivity contribution < 1.29 is 25.8 Å². The van der Waals surface area contributed by atoms with Crippen molar-refractivity contribution in [1.29, 1.82) is 0 Å². The maximum atomic E-state index is 13.0. The van der Waals surface area contributed by atoms with Crippen molar-refractivity contribution in [2.24, 2.45) is 51.2 Å². The third-order valence-corrected chi connectivity index (χ3v) is 15.0. The van der Waals surface area contributed by atoms with E-state index in [0.29, 0.717) is 36.0 Å². The molecule has 0 unspecified atom stereocenters. The molecule has 1 N–H and O–H groups in total. The summed E-state index contributed by atoms with van der Waals surface area (Å²) in [6, 6.07) is 0. The third-order valence-electron chi connectivity index (χ3n) is 13.7. The van der Waals surface area contributed by atoms with Crippen LogP contribution in [0.15, 0.2) is 24.0 Å². The van der Waals surface area contributed by atoms with E-state index < -0.39 is 27.5 Å². The highest BCUT2D eigenvalue weighted by molar-refractivity contribution is 7.86. The van der Waals surface area contributed by atoms with Crippen LogP contribution in [0, 0.1) is 51.2 Å². The molecule has 0 spiro atoms. The van der Waals surface area contributed by atoms with E-state index in [1.54, 1.807) is 6.08 Å². The van der Waals surface area contributed by atoms with Crippen LogP contribution in [0.1, 0.15) is 99.3 Å². The molecule has 0 heterocycles. The van der Waals surface area contributed by atoms with Crippen LogP contribution < -0.4 is 5.32 Å². The summed E-state index contributed by atoms with van der Waals surface area (Å²) in [4.78, 5) is 0. The molecule has 5 rings (SSSR count). The second kappa shape index (κ2) is 10.4. The van der Waals surface area contributed by atoms with E-state index in [-0.39, 0.29) is 33.5 Å². The Morgan fingerprint density at radius 1 is 1.02 bits per heavy atom. The fraction of sp³-hybridized carbons (Fsp3) is 0.879. The Labute approximate surface area is 256 Å². The van der Waals surface area contributed by atoms with Crippen LogP contribution in [0.3, 0.4) is 0 Å². The van der Waals surface area contributed by atoms with Crippen LogP contribution in [0.4, 0.5) is 13.2 Å². The van der Waals surface area contributed by atoms with Crippen LogP contribution in [-0.2, 0) is 14.3 Å². The SMILES string of the molecule is C=C(C)[C@@H]1CC[C@]2(NCCCl)CC[C@]3(C)[C@H](CC[C@@H]4[C@@]5(C)CC=C(OS(=O)(=O)CC(F)(F)F)C(C)(C)[C@@H]5CC[C@]43C)[C@@H]12. The Balaban J connectivity index is 1.48. The molecule has 0 aromatic heterocycles. The summed E-state index contributed by atoms with van der Waals surface area (Å²) in [6.07, 6.45) is 6.47. The van der Waals surface area contributed by atoms with Crippen molar-refractivity contribution in [3.63, 3.8) is 0 Å².